The molecule has 1 saturated heterocycles. The van der Waals surface area contributed by atoms with E-state index in [0.717, 1.165) is 29.8 Å². The Morgan fingerprint density at radius 3 is 2.93 bits per heavy atom. The standard InChI is InChI=1S/C11H14BrClOS/c12-8-11(4-1-2-5-14-11)7-10-9(13)3-6-15-10/h3,6H,1-2,4-5,7-8H2. The second kappa shape index (κ2) is 5.17. The third kappa shape index (κ3) is 2.76. The van der Waals surface area contributed by atoms with Crippen molar-refractivity contribution in [3.8, 4) is 0 Å². The van der Waals surface area contributed by atoms with Crippen LogP contribution in [0.5, 0.6) is 0 Å². The maximum atomic E-state index is 6.12. The Morgan fingerprint density at radius 1 is 1.53 bits per heavy atom. The Balaban J connectivity index is 2.10. The van der Waals surface area contributed by atoms with Gasteiger partial charge in [-0.15, -0.1) is 11.3 Å². The van der Waals surface area contributed by atoms with Crippen LogP contribution in [0.3, 0.4) is 0 Å². The van der Waals surface area contributed by atoms with Gasteiger partial charge in [-0.05, 0) is 30.7 Å². The van der Waals surface area contributed by atoms with Crippen LogP contribution in [-0.4, -0.2) is 17.5 Å². The van der Waals surface area contributed by atoms with Gasteiger partial charge in [0.15, 0.2) is 0 Å². The lowest BCUT2D eigenvalue weighted by molar-refractivity contribution is -0.0592. The minimum Gasteiger partial charge on any atom is -0.374 e. The lowest BCUT2D eigenvalue weighted by Gasteiger charge is -2.35. The molecule has 1 aliphatic rings. The maximum absolute atomic E-state index is 6.12. The topological polar surface area (TPSA) is 9.23 Å². The van der Waals surface area contributed by atoms with Crippen molar-refractivity contribution in [1.29, 1.82) is 0 Å². The molecule has 0 aliphatic carbocycles. The third-order valence-electron chi connectivity index (χ3n) is 2.85. The first-order valence-corrected chi connectivity index (χ1v) is 7.55. The SMILES string of the molecule is Clc1ccsc1CC1(CBr)CCCCO1. The molecule has 0 N–H and O–H groups in total. The quantitative estimate of drug-likeness (QED) is 0.757. The smallest absolute Gasteiger partial charge is 0.0827 e. The zero-order valence-corrected chi connectivity index (χ0v) is 11.6. The molecule has 1 unspecified atom stereocenters. The molecule has 1 aromatic rings. The molecule has 1 fully saturated rings. The van der Waals surface area contributed by atoms with E-state index in [2.05, 4.69) is 15.9 Å². The second-order valence-electron chi connectivity index (χ2n) is 3.99. The molecule has 15 heavy (non-hydrogen) atoms. The normalized spacial score (nSPS) is 26.8. The average molecular weight is 310 g/mol. The van der Waals surface area contributed by atoms with Gasteiger partial charge in [0.05, 0.1) is 10.6 Å². The summed E-state index contributed by atoms with van der Waals surface area (Å²) in [6.07, 6.45) is 4.52. The molecule has 2 rings (SSSR count). The zero-order valence-electron chi connectivity index (χ0n) is 8.47. The number of alkyl halides is 1. The van der Waals surface area contributed by atoms with Crippen LogP contribution in [0.2, 0.25) is 5.02 Å². The zero-order chi connectivity index (χ0) is 10.7. The van der Waals surface area contributed by atoms with Gasteiger partial charge < -0.3 is 4.74 Å². The Hall–Kier alpha value is 0.430. The van der Waals surface area contributed by atoms with Gasteiger partial charge in [0.1, 0.15) is 0 Å². The van der Waals surface area contributed by atoms with Crippen LogP contribution in [0.1, 0.15) is 24.1 Å². The summed E-state index contributed by atoms with van der Waals surface area (Å²) in [6, 6.07) is 1.96. The first kappa shape index (κ1) is 11.9. The van der Waals surface area contributed by atoms with Crippen molar-refractivity contribution in [1.82, 2.24) is 0 Å². The highest BCUT2D eigenvalue weighted by molar-refractivity contribution is 9.09. The number of hydrogen-bond acceptors (Lipinski definition) is 2. The van der Waals surface area contributed by atoms with Gasteiger partial charge in [-0.2, -0.15) is 0 Å². The second-order valence-corrected chi connectivity index (χ2v) is 5.96. The van der Waals surface area contributed by atoms with Crippen LogP contribution in [0, 0.1) is 0 Å². The van der Waals surface area contributed by atoms with E-state index in [1.54, 1.807) is 11.3 Å². The number of halogens is 2. The van der Waals surface area contributed by atoms with Gasteiger partial charge in [0.2, 0.25) is 0 Å². The molecule has 1 aromatic heterocycles. The fourth-order valence-electron chi connectivity index (χ4n) is 1.95. The third-order valence-corrected chi connectivity index (χ3v) is 5.26. The van der Waals surface area contributed by atoms with Crippen LogP contribution in [-0.2, 0) is 11.2 Å². The van der Waals surface area contributed by atoms with Crippen LogP contribution in [0.15, 0.2) is 11.4 Å². The Labute approximate surface area is 108 Å². The van der Waals surface area contributed by atoms with E-state index in [9.17, 15) is 0 Å². The fraction of sp³-hybridized carbons (Fsp3) is 0.636. The summed E-state index contributed by atoms with van der Waals surface area (Å²) in [4.78, 5) is 1.25. The summed E-state index contributed by atoms with van der Waals surface area (Å²) in [5.41, 5.74) is -0.0211. The largest absolute Gasteiger partial charge is 0.374 e. The van der Waals surface area contributed by atoms with Crippen LogP contribution >= 0.6 is 38.9 Å². The molecular weight excluding hydrogens is 296 g/mol. The molecule has 4 heteroatoms. The first-order valence-electron chi connectivity index (χ1n) is 5.18. The molecule has 84 valence electrons. The van der Waals surface area contributed by atoms with E-state index in [1.165, 1.54) is 17.7 Å². The predicted octanol–water partition coefficient (Wildman–Crippen LogP) is 4.28. The molecule has 0 bridgehead atoms. The van der Waals surface area contributed by atoms with E-state index in [4.69, 9.17) is 16.3 Å². The number of ether oxygens (including phenoxy) is 1. The predicted molar refractivity (Wildman–Crippen MR) is 69.4 cm³/mol. The van der Waals surface area contributed by atoms with Gasteiger partial charge in [-0.25, -0.2) is 0 Å². The molecule has 0 spiro atoms. The van der Waals surface area contributed by atoms with Gasteiger partial charge in [-0.1, -0.05) is 27.5 Å². The highest BCUT2D eigenvalue weighted by atomic mass is 79.9. The lowest BCUT2D eigenvalue weighted by atomic mass is 9.92. The Kier molecular flexibility index (Phi) is 4.10. The summed E-state index contributed by atoms with van der Waals surface area (Å²) >= 11 is 11.4. The van der Waals surface area contributed by atoms with Gasteiger partial charge >= 0.3 is 0 Å². The summed E-state index contributed by atoms with van der Waals surface area (Å²) in [7, 11) is 0. The van der Waals surface area contributed by atoms with Gasteiger partial charge in [0, 0.05) is 23.2 Å². The highest BCUT2D eigenvalue weighted by Crippen LogP contribution is 2.34. The lowest BCUT2D eigenvalue weighted by Crippen LogP contribution is -2.40. The molecule has 1 atom stereocenters. The van der Waals surface area contributed by atoms with E-state index in [1.807, 2.05) is 11.4 Å². The van der Waals surface area contributed by atoms with Crippen LogP contribution < -0.4 is 0 Å². The first-order chi connectivity index (χ1) is 7.26. The minimum absolute atomic E-state index is 0.0211. The van der Waals surface area contributed by atoms with Crippen molar-refractivity contribution < 1.29 is 4.74 Å². The van der Waals surface area contributed by atoms with Crippen molar-refractivity contribution >= 4 is 38.9 Å². The number of thiophene rings is 1. The van der Waals surface area contributed by atoms with Crippen molar-refractivity contribution in [2.24, 2.45) is 0 Å². The van der Waals surface area contributed by atoms with Crippen LogP contribution in [0.4, 0.5) is 0 Å². The van der Waals surface area contributed by atoms with Crippen LogP contribution in [0.25, 0.3) is 0 Å². The highest BCUT2D eigenvalue weighted by Gasteiger charge is 2.33. The Bertz CT molecular complexity index is 320. The van der Waals surface area contributed by atoms with E-state index in [0.29, 0.717) is 0 Å². The van der Waals surface area contributed by atoms with Gasteiger partial charge in [0.25, 0.3) is 0 Å². The average Bonchev–Trinajstić information content (AvgIpc) is 2.66. The summed E-state index contributed by atoms with van der Waals surface area (Å²) < 4.78 is 5.94. The Morgan fingerprint density at radius 2 is 2.40 bits per heavy atom. The van der Waals surface area contributed by atoms with Crippen molar-refractivity contribution in [3.63, 3.8) is 0 Å². The number of rotatable bonds is 3. The summed E-state index contributed by atoms with van der Waals surface area (Å²) in [5, 5.41) is 3.82. The van der Waals surface area contributed by atoms with E-state index in [-0.39, 0.29) is 5.60 Å². The molecule has 0 amide bonds. The van der Waals surface area contributed by atoms with Crippen molar-refractivity contribution in [2.45, 2.75) is 31.3 Å². The monoisotopic (exact) mass is 308 g/mol. The molecule has 0 radical (unpaired) electrons. The fourth-order valence-corrected chi connectivity index (χ4v) is 3.82. The van der Waals surface area contributed by atoms with E-state index >= 15 is 0 Å². The molecule has 2 heterocycles. The van der Waals surface area contributed by atoms with E-state index < -0.39 is 0 Å². The molecule has 1 nitrogen and oxygen atoms in total. The minimum atomic E-state index is -0.0211. The molecule has 0 aromatic carbocycles. The maximum Gasteiger partial charge on any atom is 0.0827 e. The number of hydrogen-bond donors (Lipinski definition) is 0. The van der Waals surface area contributed by atoms with Crippen molar-refractivity contribution in [3.05, 3.63) is 21.3 Å². The summed E-state index contributed by atoms with van der Waals surface area (Å²) in [5.74, 6) is 0. The molecular formula is C11H14BrClOS. The summed E-state index contributed by atoms with van der Waals surface area (Å²) in [6.45, 7) is 0.884. The van der Waals surface area contributed by atoms with Gasteiger partial charge in [-0.3, -0.25) is 0 Å². The van der Waals surface area contributed by atoms with Crippen molar-refractivity contribution in [2.75, 3.05) is 11.9 Å². The molecule has 0 saturated carbocycles. The molecule has 1 aliphatic heterocycles.